The zero-order chi connectivity index (χ0) is 13.0. The van der Waals surface area contributed by atoms with Gasteiger partial charge in [-0.05, 0) is 45.8 Å². The molecule has 2 saturated heterocycles. The Morgan fingerprint density at radius 3 is 2.67 bits per heavy atom. The highest BCUT2D eigenvalue weighted by Crippen LogP contribution is 2.24. The molecule has 0 saturated carbocycles. The molecule has 2 rings (SSSR count). The SMILES string of the molecule is CCOC(N)C1CCN(C2CCNCC2N)CC1. The molecule has 2 aliphatic heterocycles. The number of hydrogen-bond acceptors (Lipinski definition) is 5. The molecule has 2 aliphatic rings. The third-order valence-electron chi connectivity index (χ3n) is 4.36. The van der Waals surface area contributed by atoms with E-state index in [1.807, 2.05) is 6.92 Å². The van der Waals surface area contributed by atoms with Gasteiger partial charge < -0.3 is 21.5 Å². The van der Waals surface area contributed by atoms with Gasteiger partial charge in [-0.2, -0.15) is 0 Å². The summed E-state index contributed by atoms with van der Waals surface area (Å²) >= 11 is 0. The van der Waals surface area contributed by atoms with E-state index in [4.69, 9.17) is 16.2 Å². The highest BCUT2D eigenvalue weighted by atomic mass is 16.5. The van der Waals surface area contributed by atoms with Crippen LogP contribution in [0.5, 0.6) is 0 Å². The van der Waals surface area contributed by atoms with Crippen molar-refractivity contribution < 1.29 is 4.74 Å². The standard InChI is InChI=1S/C13H28N4O/c1-2-18-13(15)10-4-7-17(8-5-10)12-3-6-16-9-11(12)14/h10-13,16H,2-9,14-15H2,1H3. The molecule has 0 bridgehead atoms. The minimum Gasteiger partial charge on any atom is -0.364 e. The van der Waals surface area contributed by atoms with Gasteiger partial charge in [0, 0.05) is 31.2 Å². The molecule has 0 spiro atoms. The van der Waals surface area contributed by atoms with Gasteiger partial charge in [0.25, 0.3) is 0 Å². The molecule has 3 atom stereocenters. The Kier molecular flexibility index (Phi) is 5.38. The summed E-state index contributed by atoms with van der Waals surface area (Å²) in [5, 5.41) is 3.36. The van der Waals surface area contributed by atoms with Crippen molar-refractivity contribution in [2.45, 2.75) is 44.5 Å². The molecule has 5 heteroatoms. The van der Waals surface area contributed by atoms with Gasteiger partial charge in [0.2, 0.25) is 0 Å². The molecule has 3 unspecified atom stereocenters. The van der Waals surface area contributed by atoms with Gasteiger partial charge in [0.1, 0.15) is 6.23 Å². The summed E-state index contributed by atoms with van der Waals surface area (Å²) in [6, 6.07) is 0.825. The molecular formula is C13H28N4O. The van der Waals surface area contributed by atoms with Crippen molar-refractivity contribution in [2.75, 3.05) is 32.8 Å². The van der Waals surface area contributed by atoms with Crippen LogP contribution < -0.4 is 16.8 Å². The average Bonchev–Trinajstić information content (AvgIpc) is 2.40. The molecular weight excluding hydrogens is 228 g/mol. The van der Waals surface area contributed by atoms with E-state index >= 15 is 0 Å². The number of nitrogens with one attached hydrogen (secondary N) is 1. The van der Waals surface area contributed by atoms with Crippen LogP contribution in [0.2, 0.25) is 0 Å². The lowest BCUT2D eigenvalue weighted by Crippen LogP contribution is -2.58. The zero-order valence-electron chi connectivity index (χ0n) is 11.5. The minimum absolute atomic E-state index is 0.0844. The fourth-order valence-electron chi connectivity index (χ4n) is 3.23. The van der Waals surface area contributed by atoms with Crippen LogP contribution in [-0.4, -0.2) is 56.0 Å². The summed E-state index contributed by atoms with van der Waals surface area (Å²) in [6.07, 6.45) is 3.36. The Morgan fingerprint density at radius 1 is 1.33 bits per heavy atom. The second-order valence-electron chi connectivity index (χ2n) is 5.52. The van der Waals surface area contributed by atoms with E-state index in [2.05, 4.69) is 10.2 Å². The summed E-state index contributed by atoms with van der Waals surface area (Å²) in [5.41, 5.74) is 12.2. The Hall–Kier alpha value is -0.200. The third kappa shape index (κ3) is 3.42. The smallest absolute Gasteiger partial charge is 0.108 e. The number of nitrogens with zero attached hydrogens (tertiary/aromatic N) is 1. The lowest BCUT2D eigenvalue weighted by molar-refractivity contribution is -0.00863. The van der Waals surface area contributed by atoms with Gasteiger partial charge in [-0.25, -0.2) is 0 Å². The summed E-state index contributed by atoms with van der Waals surface area (Å²) in [6.45, 7) is 6.98. The van der Waals surface area contributed by atoms with E-state index in [1.54, 1.807) is 0 Å². The second kappa shape index (κ2) is 6.82. The number of piperidine rings is 2. The molecule has 5 N–H and O–H groups in total. The van der Waals surface area contributed by atoms with Gasteiger partial charge in [-0.1, -0.05) is 0 Å². The van der Waals surface area contributed by atoms with Crippen LogP contribution in [0, 0.1) is 5.92 Å². The number of nitrogens with two attached hydrogens (primary N) is 2. The van der Waals surface area contributed by atoms with Crippen molar-refractivity contribution in [1.29, 1.82) is 0 Å². The van der Waals surface area contributed by atoms with Crippen LogP contribution in [0.25, 0.3) is 0 Å². The number of ether oxygens (including phenoxy) is 1. The topological polar surface area (TPSA) is 76.5 Å². The average molecular weight is 256 g/mol. The molecule has 18 heavy (non-hydrogen) atoms. The Morgan fingerprint density at radius 2 is 2.06 bits per heavy atom. The van der Waals surface area contributed by atoms with E-state index in [1.165, 1.54) is 6.42 Å². The van der Waals surface area contributed by atoms with Crippen molar-refractivity contribution in [3.63, 3.8) is 0 Å². The monoisotopic (exact) mass is 256 g/mol. The van der Waals surface area contributed by atoms with E-state index in [-0.39, 0.29) is 12.3 Å². The first-order valence-corrected chi connectivity index (χ1v) is 7.30. The Bertz CT molecular complexity index is 243. The van der Waals surface area contributed by atoms with E-state index in [0.29, 0.717) is 18.6 Å². The normalized spacial score (nSPS) is 33.5. The molecule has 5 nitrogen and oxygen atoms in total. The lowest BCUT2D eigenvalue weighted by Gasteiger charge is -2.43. The van der Waals surface area contributed by atoms with Crippen molar-refractivity contribution in [3.8, 4) is 0 Å². The van der Waals surface area contributed by atoms with E-state index in [9.17, 15) is 0 Å². The Labute approximate surface area is 110 Å². The van der Waals surface area contributed by atoms with Gasteiger partial charge in [0.05, 0.1) is 0 Å². The lowest BCUT2D eigenvalue weighted by atomic mass is 9.91. The van der Waals surface area contributed by atoms with Crippen LogP contribution in [0.3, 0.4) is 0 Å². The van der Waals surface area contributed by atoms with Crippen LogP contribution in [0.15, 0.2) is 0 Å². The van der Waals surface area contributed by atoms with Gasteiger partial charge in [-0.15, -0.1) is 0 Å². The minimum atomic E-state index is -0.0844. The van der Waals surface area contributed by atoms with Crippen molar-refractivity contribution in [3.05, 3.63) is 0 Å². The molecule has 2 fully saturated rings. The van der Waals surface area contributed by atoms with Crippen LogP contribution in [0.4, 0.5) is 0 Å². The van der Waals surface area contributed by atoms with E-state index < -0.39 is 0 Å². The first-order chi connectivity index (χ1) is 8.72. The fraction of sp³-hybridized carbons (Fsp3) is 1.00. The molecule has 0 aromatic heterocycles. The van der Waals surface area contributed by atoms with Gasteiger partial charge >= 0.3 is 0 Å². The summed E-state index contributed by atoms with van der Waals surface area (Å²) in [4.78, 5) is 2.56. The van der Waals surface area contributed by atoms with Crippen molar-refractivity contribution in [2.24, 2.45) is 17.4 Å². The largest absolute Gasteiger partial charge is 0.364 e. The summed E-state index contributed by atoms with van der Waals surface area (Å²) in [7, 11) is 0. The molecule has 0 aromatic carbocycles. The number of likely N-dealkylation sites (tertiary alicyclic amines) is 1. The maximum Gasteiger partial charge on any atom is 0.108 e. The predicted octanol–water partition coefficient (Wildman–Crippen LogP) is -0.291. The van der Waals surface area contributed by atoms with Crippen LogP contribution >= 0.6 is 0 Å². The molecule has 0 aromatic rings. The molecule has 0 aliphatic carbocycles. The number of rotatable bonds is 4. The van der Waals surface area contributed by atoms with Gasteiger partial charge in [0.15, 0.2) is 0 Å². The second-order valence-corrected chi connectivity index (χ2v) is 5.52. The predicted molar refractivity (Wildman–Crippen MR) is 73.1 cm³/mol. The summed E-state index contributed by atoms with van der Waals surface area (Å²) in [5.74, 6) is 0.513. The van der Waals surface area contributed by atoms with Crippen LogP contribution in [-0.2, 0) is 4.74 Å². The molecule has 2 heterocycles. The maximum absolute atomic E-state index is 6.20. The van der Waals surface area contributed by atoms with Gasteiger partial charge in [-0.3, -0.25) is 4.90 Å². The third-order valence-corrected chi connectivity index (χ3v) is 4.36. The molecule has 0 radical (unpaired) electrons. The first kappa shape index (κ1) is 14.2. The maximum atomic E-state index is 6.20. The summed E-state index contributed by atoms with van der Waals surface area (Å²) < 4.78 is 5.51. The molecule has 0 amide bonds. The highest BCUT2D eigenvalue weighted by Gasteiger charge is 2.32. The quantitative estimate of drug-likeness (QED) is 0.603. The zero-order valence-corrected chi connectivity index (χ0v) is 11.5. The molecule has 106 valence electrons. The highest BCUT2D eigenvalue weighted by molar-refractivity contribution is 4.90. The first-order valence-electron chi connectivity index (χ1n) is 7.30. The van der Waals surface area contributed by atoms with Crippen LogP contribution in [0.1, 0.15) is 26.2 Å². The fourth-order valence-corrected chi connectivity index (χ4v) is 3.23. The number of hydrogen-bond donors (Lipinski definition) is 3. The van der Waals surface area contributed by atoms with Crippen molar-refractivity contribution >= 4 is 0 Å². The van der Waals surface area contributed by atoms with E-state index in [0.717, 1.165) is 39.0 Å². The van der Waals surface area contributed by atoms with Crippen molar-refractivity contribution in [1.82, 2.24) is 10.2 Å². The Balaban J connectivity index is 1.78.